The van der Waals surface area contributed by atoms with Crippen LogP contribution in [0.1, 0.15) is 0 Å². The minimum absolute atomic E-state index is 0.204. The van der Waals surface area contributed by atoms with Gasteiger partial charge in [-0.25, -0.2) is 0 Å². The van der Waals surface area contributed by atoms with Crippen LogP contribution < -0.4 is 5.56 Å². The van der Waals surface area contributed by atoms with Crippen LogP contribution in [0.25, 0.3) is 11.1 Å². The molecule has 3 nitrogen and oxygen atoms in total. The topological polar surface area (TPSA) is 45.8 Å². The second kappa shape index (κ2) is 3.64. The molecular weight excluding hydrogens is 200 g/mol. The van der Waals surface area contributed by atoms with Crippen LogP contribution in [-0.4, -0.2) is 9.97 Å². The molecule has 0 bridgehead atoms. The van der Waals surface area contributed by atoms with Crippen molar-refractivity contribution in [1.29, 1.82) is 0 Å². The van der Waals surface area contributed by atoms with Gasteiger partial charge in [0.15, 0.2) is 0 Å². The Balaban J connectivity index is 2.58. The molecule has 2 heterocycles. The molecule has 0 aliphatic rings. The van der Waals surface area contributed by atoms with Gasteiger partial charge in [0.25, 0.3) is 0 Å². The molecule has 0 saturated heterocycles. The van der Waals surface area contributed by atoms with Crippen LogP contribution >= 0.6 is 11.6 Å². The van der Waals surface area contributed by atoms with E-state index in [0.29, 0.717) is 5.15 Å². The van der Waals surface area contributed by atoms with Crippen molar-refractivity contribution >= 4 is 11.6 Å². The number of rotatable bonds is 1. The van der Waals surface area contributed by atoms with Crippen molar-refractivity contribution in [3.63, 3.8) is 0 Å². The van der Waals surface area contributed by atoms with Crippen molar-refractivity contribution in [3.8, 4) is 11.1 Å². The van der Waals surface area contributed by atoms with Gasteiger partial charge < -0.3 is 4.98 Å². The third-order valence-electron chi connectivity index (χ3n) is 1.83. The summed E-state index contributed by atoms with van der Waals surface area (Å²) in [6.45, 7) is 0. The maximum absolute atomic E-state index is 11.1. The number of hydrogen-bond donors (Lipinski definition) is 1. The van der Waals surface area contributed by atoms with Crippen molar-refractivity contribution in [1.82, 2.24) is 9.97 Å². The Kier molecular flexibility index (Phi) is 2.33. The van der Waals surface area contributed by atoms with E-state index in [4.69, 9.17) is 11.6 Å². The zero-order valence-corrected chi connectivity index (χ0v) is 7.95. The second-order valence-corrected chi connectivity index (χ2v) is 3.22. The van der Waals surface area contributed by atoms with Gasteiger partial charge in [0.05, 0.1) is 0 Å². The number of aromatic amines is 1. The fourth-order valence-electron chi connectivity index (χ4n) is 1.22. The monoisotopic (exact) mass is 206 g/mol. The molecule has 4 heteroatoms. The molecule has 0 unspecified atom stereocenters. The van der Waals surface area contributed by atoms with E-state index in [-0.39, 0.29) is 5.56 Å². The van der Waals surface area contributed by atoms with Gasteiger partial charge >= 0.3 is 0 Å². The predicted molar refractivity (Wildman–Crippen MR) is 55.3 cm³/mol. The number of aromatic nitrogens is 2. The Hall–Kier alpha value is -1.61. The molecule has 0 atom stereocenters. The van der Waals surface area contributed by atoms with E-state index in [1.807, 2.05) is 12.1 Å². The second-order valence-electron chi connectivity index (χ2n) is 2.82. The lowest BCUT2D eigenvalue weighted by Crippen LogP contribution is -2.03. The van der Waals surface area contributed by atoms with Crippen molar-refractivity contribution < 1.29 is 0 Å². The summed E-state index contributed by atoms with van der Waals surface area (Å²) in [5, 5.41) is 0.337. The van der Waals surface area contributed by atoms with E-state index < -0.39 is 0 Å². The van der Waals surface area contributed by atoms with Gasteiger partial charge in [0, 0.05) is 18.5 Å². The van der Waals surface area contributed by atoms with E-state index in [2.05, 4.69) is 9.97 Å². The highest BCUT2D eigenvalue weighted by Crippen LogP contribution is 2.18. The molecular formula is C10H7ClN2O. The quantitative estimate of drug-likeness (QED) is 0.727. The maximum atomic E-state index is 11.1. The number of H-pyrrole nitrogens is 1. The largest absolute Gasteiger partial charge is 0.313 e. The van der Waals surface area contributed by atoms with E-state index in [9.17, 15) is 4.79 Å². The van der Waals surface area contributed by atoms with Crippen LogP contribution in [0.5, 0.6) is 0 Å². The predicted octanol–water partition coefficient (Wildman–Crippen LogP) is 2.09. The standard InChI is InChI=1S/C10H7ClN2O/c11-9-5-8(6-10(14)13-9)7-1-3-12-4-2-7/h1-6H,(H,13,14). The molecule has 0 spiro atoms. The Labute approximate surface area is 85.4 Å². The lowest BCUT2D eigenvalue weighted by Gasteiger charge is -1.99. The summed E-state index contributed by atoms with van der Waals surface area (Å²) in [4.78, 5) is 17.5. The number of pyridine rings is 2. The van der Waals surface area contributed by atoms with Crippen molar-refractivity contribution in [2.24, 2.45) is 0 Å². The molecule has 0 fully saturated rings. The third kappa shape index (κ3) is 1.83. The highest BCUT2D eigenvalue weighted by molar-refractivity contribution is 6.29. The minimum Gasteiger partial charge on any atom is -0.313 e. The molecule has 1 N–H and O–H groups in total. The van der Waals surface area contributed by atoms with Crippen LogP contribution in [-0.2, 0) is 0 Å². The van der Waals surface area contributed by atoms with E-state index >= 15 is 0 Å². The molecule has 2 aromatic rings. The summed E-state index contributed by atoms with van der Waals surface area (Å²) in [6.07, 6.45) is 3.34. The van der Waals surface area contributed by atoms with Crippen LogP contribution in [0, 0.1) is 0 Å². The molecule has 0 aromatic carbocycles. The molecule has 0 amide bonds. The molecule has 2 aromatic heterocycles. The summed E-state index contributed by atoms with van der Waals surface area (Å²) in [6, 6.07) is 6.86. The van der Waals surface area contributed by atoms with E-state index in [0.717, 1.165) is 11.1 Å². The number of hydrogen-bond acceptors (Lipinski definition) is 2. The van der Waals surface area contributed by atoms with Gasteiger partial charge in [-0.1, -0.05) is 11.6 Å². The molecule has 0 aliphatic carbocycles. The Bertz CT molecular complexity index is 493. The maximum Gasteiger partial charge on any atom is 0.249 e. The summed E-state index contributed by atoms with van der Waals surface area (Å²) < 4.78 is 0. The van der Waals surface area contributed by atoms with Gasteiger partial charge in [0.2, 0.25) is 5.56 Å². The van der Waals surface area contributed by atoms with Gasteiger partial charge in [-0.05, 0) is 29.3 Å². The summed E-state index contributed by atoms with van der Waals surface area (Å²) in [5.74, 6) is 0. The van der Waals surface area contributed by atoms with E-state index in [1.165, 1.54) is 6.07 Å². The molecule has 14 heavy (non-hydrogen) atoms. The van der Waals surface area contributed by atoms with Crippen molar-refractivity contribution in [3.05, 3.63) is 52.2 Å². The van der Waals surface area contributed by atoms with Gasteiger partial charge in [0.1, 0.15) is 5.15 Å². The van der Waals surface area contributed by atoms with Crippen molar-refractivity contribution in [2.75, 3.05) is 0 Å². The first-order valence-corrected chi connectivity index (χ1v) is 4.44. The number of nitrogens with one attached hydrogen (secondary N) is 1. The average molecular weight is 207 g/mol. The van der Waals surface area contributed by atoms with Gasteiger partial charge in [-0.3, -0.25) is 9.78 Å². The molecule has 70 valence electrons. The van der Waals surface area contributed by atoms with Crippen LogP contribution in [0.2, 0.25) is 5.15 Å². The Morgan fingerprint density at radius 2 is 1.86 bits per heavy atom. The van der Waals surface area contributed by atoms with Gasteiger partial charge in [-0.2, -0.15) is 0 Å². The Morgan fingerprint density at radius 1 is 1.14 bits per heavy atom. The third-order valence-corrected chi connectivity index (χ3v) is 2.03. The first kappa shape index (κ1) is 8.97. The fraction of sp³-hybridized carbons (Fsp3) is 0. The Morgan fingerprint density at radius 3 is 2.50 bits per heavy atom. The van der Waals surface area contributed by atoms with E-state index in [1.54, 1.807) is 18.5 Å². The lowest BCUT2D eigenvalue weighted by molar-refractivity contribution is 1.24. The highest BCUT2D eigenvalue weighted by atomic mass is 35.5. The molecule has 0 radical (unpaired) electrons. The first-order chi connectivity index (χ1) is 6.75. The fourth-order valence-corrected chi connectivity index (χ4v) is 1.43. The molecule has 0 aliphatic heterocycles. The summed E-state index contributed by atoms with van der Waals surface area (Å²) >= 11 is 5.73. The van der Waals surface area contributed by atoms with Crippen LogP contribution in [0.4, 0.5) is 0 Å². The summed E-state index contributed by atoms with van der Waals surface area (Å²) in [7, 11) is 0. The normalized spacial score (nSPS) is 10.1. The first-order valence-electron chi connectivity index (χ1n) is 4.06. The smallest absolute Gasteiger partial charge is 0.249 e. The zero-order chi connectivity index (χ0) is 9.97. The lowest BCUT2D eigenvalue weighted by atomic mass is 10.1. The van der Waals surface area contributed by atoms with Gasteiger partial charge in [-0.15, -0.1) is 0 Å². The van der Waals surface area contributed by atoms with Crippen LogP contribution in [0.3, 0.4) is 0 Å². The number of halogens is 1. The average Bonchev–Trinajstić information content (AvgIpc) is 2.18. The zero-order valence-electron chi connectivity index (χ0n) is 7.20. The SMILES string of the molecule is O=c1cc(-c2ccncc2)cc(Cl)[nH]1. The van der Waals surface area contributed by atoms with Crippen molar-refractivity contribution in [2.45, 2.75) is 0 Å². The minimum atomic E-state index is -0.204. The summed E-state index contributed by atoms with van der Waals surface area (Å²) in [5.41, 5.74) is 1.51. The number of nitrogens with zero attached hydrogens (tertiary/aromatic N) is 1. The molecule has 2 rings (SSSR count). The molecule has 0 saturated carbocycles. The van der Waals surface area contributed by atoms with Crippen LogP contribution in [0.15, 0.2) is 41.5 Å². The highest BCUT2D eigenvalue weighted by Gasteiger charge is 1.99.